The van der Waals surface area contributed by atoms with E-state index in [0.29, 0.717) is 27.5 Å². The number of nitrogens with one attached hydrogen (secondary N) is 2. The van der Waals surface area contributed by atoms with Gasteiger partial charge < -0.3 is 10.6 Å². The minimum Gasteiger partial charge on any atom is -0.339 e. The van der Waals surface area contributed by atoms with Crippen LogP contribution in [-0.2, 0) is 0 Å². The molecule has 2 aromatic carbocycles. The van der Waals surface area contributed by atoms with Gasteiger partial charge in [0.15, 0.2) is 5.82 Å². The number of hydrogen-bond donors (Lipinski definition) is 2. The van der Waals surface area contributed by atoms with E-state index in [4.69, 9.17) is 23.2 Å². The van der Waals surface area contributed by atoms with Crippen molar-refractivity contribution in [1.29, 1.82) is 0 Å². The molecule has 116 valence electrons. The molecule has 5 nitrogen and oxygen atoms in total. The van der Waals surface area contributed by atoms with Gasteiger partial charge in [0.05, 0.1) is 21.9 Å². The molecule has 0 spiro atoms. The lowest BCUT2D eigenvalue weighted by Crippen LogP contribution is -2.03. The molecule has 0 radical (unpaired) electrons. The van der Waals surface area contributed by atoms with E-state index in [0.717, 1.165) is 11.3 Å². The van der Waals surface area contributed by atoms with Crippen LogP contribution in [0.1, 0.15) is 5.56 Å². The Balaban J connectivity index is 1.83. The molecule has 0 atom stereocenters. The van der Waals surface area contributed by atoms with Crippen molar-refractivity contribution in [3.8, 4) is 0 Å². The molecule has 3 aromatic rings. The Morgan fingerprint density at radius 2 is 1.70 bits per heavy atom. The van der Waals surface area contributed by atoms with Gasteiger partial charge >= 0.3 is 0 Å². The highest BCUT2D eigenvalue weighted by Gasteiger charge is 2.07. The Morgan fingerprint density at radius 3 is 2.52 bits per heavy atom. The lowest BCUT2D eigenvalue weighted by molar-refractivity contribution is 0.982. The molecular weight excluding hydrogens is 333 g/mol. The zero-order chi connectivity index (χ0) is 16.2. The van der Waals surface area contributed by atoms with Crippen LogP contribution >= 0.6 is 23.2 Å². The summed E-state index contributed by atoms with van der Waals surface area (Å²) in [7, 11) is 0. The molecule has 0 unspecified atom stereocenters. The fourth-order valence-electron chi connectivity index (χ4n) is 1.99. The third kappa shape index (κ3) is 3.70. The van der Waals surface area contributed by atoms with Crippen LogP contribution in [0.4, 0.5) is 23.1 Å². The fourth-order valence-corrected chi connectivity index (χ4v) is 2.34. The Labute approximate surface area is 143 Å². The summed E-state index contributed by atoms with van der Waals surface area (Å²) in [6.45, 7) is 2.02. The van der Waals surface area contributed by atoms with E-state index in [9.17, 15) is 0 Å². The first-order valence-electron chi connectivity index (χ1n) is 6.87. The molecule has 7 heteroatoms. The zero-order valence-electron chi connectivity index (χ0n) is 12.2. The van der Waals surface area contributed by atoms with Gasteiger partial charge in [-0.3, -0.25) is 0 Å². The summed E-state index contributed by atoms with van der Waals surface area (Å²) in [5.74, 6) is 0.905. The summed E-state index contributed by atoms with van der Waals surface area (Å²) in [5.41, 5.74) is 2.69. The van der Waals surface area contributed by atoms with Gasteiger partial charge in [-0.25, -0.2) is 0 Å². The maximum atomic E-state index is 6.15. The van der Waals surface area contributed by atoms with Gasteiger partial charge in [-0.2, -0.15) is 10.1 Å². The maximum Gasteiger partial charge on any atom is 0.249 e. The van der Waals surface area contributed by atoms with Crippen molar-refractivity contribution in [1.82, 2.24) is 15.2 Å². The van der Waals surface area contributed by atoms with Crippen molar-refractivity contribution in [2.45, 2.75) is 6.92 Å². The number of para-hydroxylation sites is 1. The van der Waals surface area contributed by atoms with E-state index in [1.54, 1.807) is 24.4 Å². The standard InChI is InChI=1S/C16H13Cl2N5/c1-10-5-2-3-7-12(10)20-14-9-19-23-16(22-14)21-13-8-4-6-11(17)15(13)18/h2-9H,1H3,(H2,20,21,22,23). The van der Waals surface area contributed by atoms with E-state index in [1.165, 1.54) is 0 Å². The number of halogens is 2. The molecule has 3 rings (SSSR count). The molecule has 0 aliphatic carbocycles. The van der Waals surface area contributed by atoms with Crippen molar-refractivity contribution in [2.75, 3.05) is 10.6 Å². The third-order valence-electron chi connectivity index (χ3n) is 3.16. The summed E-state index contributed by atoms with van der Waals surface area (Å²) in [5, 5.41) is 15.0. The predicted molar refractivity (Wildman–Crippen MR) is 94.0 cm³/mol. The van der Waals surface area contributed by atoms with Crippen LogP contribution in [0.2, 0.25) is 10.0 Å². The fraction of sp³-hybridized carbons (Fsp3) is 0.0625. The molecule has 1 heterocycles. The summed E-state index contributed by atoms with van der Waals surface area (Å²) >= 11 is 12.1. The van der Waals surface area contributed by atoms with E-state index in [2.05, 4.69) is 25.8 Å². The zero-order valence-corrected chi connectivity index (χ0v) is 13.7. The number of hydrogen-bond acceptors (Lipinski definition) is 5. The topological polar surface area (TPSA) is 62.7 Å². The van der Waals surface area contributed by atoms with E-state index in [1.807, 2.05) is 31.2 Å². The van der Waals surface area contributed by atoms with Crippen molar-refractivity contribution in [2.24, 2.45) is 0 Å². The minimum atomic E-state index is 0.327. The second kappa shape index (κ2) is 6.81. The maximum absolute atomic E-state index is 6.15. The quantitative estimate of drug-likeness (QED) is 0.698. The average molecular weight is 346 g/mol. The molecule has 0 saturated carbocycles. The van der Waals surface area contributed by atoms with Crippen molar-refractivity contribution in [3.63, 3.8) is 0 Å². The summed E-state index contributed by atoms with van der Waals surface area (Å²) in [6.07, 6.45) is 1.55. The van der Waals surface area contributed by atoms with Crippen LogP contribution in [0.15, 0.2) is 48.7 Å². The number of aryl methyl sites for hydroxylation is 1. The van der Waals surface area contributed by atoms with Crippen LogP contribution in [0.3, 0.4) is 0 Å². The first-order chi connectivity index (χ1) is 11.1. The largest absolute Gasteiger partial charge is 0.339 e. The van der Waals surface area contributed by atoms with Crippen molar-refractivity contribution in [3.05, 3.63) is 64.3 Å². The highest BCUT2D eigenvalue weighted by molar-refractivity contribution is 6.43. The number of anilines is 4. The third-order valence-corrected chi connectivity index (χ3v) is 3.98. The Hall–Kier alpha value is -2.37. The molecule has 0 aliphatic rings. The Bertz CT molecular complexity index is 838. The predicted octanol–water partition coefficient (Wildman–Crippen LogP) is 4.97. The molecule has 23 heavy (non-hydrogen) atoms. The number of aromatic nitrogens is 3. The van der Waals surface area contributed by atoms with Crippen LogP contribution in [0.5, 0.6) is 0 Å². The highest BCUT2D eigenvalue weighted by atomic mass is 35.5. The van der Waals surface area contributed by atoms with Gasteiger partial charge in [0.1, 0.15) is 0 Å². The molecule has 0 saturated heterocycles. The SMILES string of the molecule is Cc1ccccc1Nc1cnnc(Nc2cccc(Cl)c2Cl)n1. The smallest absolute Gasteiger partial charge is 0.249 e. The van der Waals surface area contributed by atoms with Crippen LogP contribution in [0.25, 0.3) is 0 Å². The van der Waals surface area contributed by atoms with Crippen molar-refractivity contribution >= 4 is 46.3 Å². The average Bonchev–Trinajstić information content (AvgIpc) is 2.55. The van der Waals surface area contributed by atoms with Gasteiger partial charge in [-0.15, -0.1) is 5.10 Å². The van der Waals surface area contributed by atoms with E-state index in [-0.39, 0.29) is 0 Å². The van der Waals surface area contributed by atoms with Crippen LogP contribution < -0.4 is 10.6 Å². The number of rotatable bonds is 4. The van der Waals surface area contributed by atoms with Crippen LogP contribution in [-0.4, -0.2) is 15.2 Å². The first-order valence-corrected chi connectivity index (χ1v) is 7.62. The first kappa shape index (κ1) is 15.5. The van der Waals surface area contributed by atoms with Crippen LogP contribution in [0, 0.1) is 6.92 Å². The summed E-state index contributed by atoms with van der Waals surface area (Å²) in [6, 6.07) is 13.2. The van der Waals surface area contributed by atoms with Gasteiger partial charge in [-0.1, -0.05) is 47.5 Å². The van der Waals surface area contributed by atoms with Gasteiger partial charge in [0, 0.05) is 5.69 Å². The molecule has 0 amide bonds. The molecule has 0 fully saturated rings. The lowest BCUT2D eigenvalue weighted by atomic mass is 10.2. The second-order valence-corrected chi connectivity index (χ2v) is 5.62. The highest BCUT2D eigenvalue weighted by Crippen LogP contribution is 2.31. The number of nitrogens with zero attached hydrogens (tertiary/aromatic N) is 3. The van der Waals surface area contributed by atoms with Crippen molar-refractivity contribution < 1.29 is 0 Å². The Morgan fingerprint density at radius 1 is 0.913 bits per heavy atom. The molecular formula is C16H13Cl2N5. The van der Waals surface area contributed by atoms with Gasteiger partial charge in [0.25, 0.3) is 0 Å². The minimum absolute atomic E-state index is 0.327. The molecule has 1 aromatic heterocycles. The lowest BCUT2D eigenvalue weighted by Gasteiger charge is -2.10. The van der Waals surface area contributed by atoms with E-state index < -0.39 is 0 Å². The van der Waals surface area contributed by atoms with E-state index >= 15 is 0 Å². The summed E-state index contributed by atoms with van der Waals surface area (Å²) in [4.78, 5) is 4.38. The molecule has 0 bridgehead atoms. The molecule has 0 aliphatic heterocycles. The number of benzene rings is 2. The summed E-state index contributed by atoms with van der Waals surface area (Å²) < 4.78 is 0. The monoisotopic (exact) mass is 345 g/mol. The second-order valence-electron chi connectivity index (χ2n) is 4.83. The van der Waals surface area contributed by atoms with Gasteiger partial charge in [0.2, 0.25) is 5.95 Å². The molecule has 2 N–H and O–H groups in total. The van der Waals surface area contributed by atoms with Gasteiger partial charge in [-0.05, 0) is 30.7 Å². The normalized spacial score (nSPS) is 10.4. The Kier molecular flexibility index (Phi) is 4.60.